The van der Waals surface area contributed by atoms with Crippen molar-refractivity contribution < 1.29 is 4.42 Å². The molecular formula is C49H31NO. The fourth-order valence-electron chi connectivity index (χ4n) is 9.12. The maximum Gasteiger partial charge on any atom is 0.137 e. The van der Waals surface area contributed by atoms with E-state index in [1.165, 1.54) is 55.6 Å². The van der Waals surface area contributed by atoms with Crippen LogP contribution in [0, 0.1) is 0 Å². The minimum Gasteiger partial charge on any atom is -0.456 e. The average Bonchev–Trinajstić information content (AvgIpc) is 3.82. The van der Waals surface area contributed by atoms with Gasteiger partial charge in [0.2, 0.25) is 0 Å². The zero-order valence-corrected chi connectivity index (χ0v) is 27.8. The van der Waals surface area contributed by atoms with Crippen LogP contribution in [0.25, 0.3) is 55.3 Å². The van der Waals surface area contributed by atoms with Crippen molar-refractivity contribution in [2.24, 2.45) is 0 Å². The zero-order chi connectivity index (χ0) is 33.5. The topological polar surface area (TPSA) is 16.4 Å². The van der Waals surface area contributed by atoms with Crippen LogP contribution < -0.4 is 4.90 Å². The molecule has 238 valence electrons. The number of rotatable bonds is 4. The second kappa shape index (κ2) is 10.7. The second-order valence-electron chi connectivity index (χ2n) is 13.6. The van der Waals surface area contributed by atoms with Crippen molar-refractivity contribution in [1.29, 1.82) is 0 Å². The highest BCUT2D eigenvalue weighted by molar-refractivity contribution is 6.19. The van der Waals surface area contributed by atoms with Gasteiger partial charge < -0.3 is 9.32 Å². The van der Waals surface area contributed by atoms with E-state index in [0.717, 1.165) is 39.0 Å². The Hall–Kier alpha value is -6.64. The van der Waals surface area contributed by atoms with Crippen LogP contribution in [-0.2, 0) is 5.41 Å². The first kappa shape index (κ1) is 28.2. The molecule has 2 heteroatoms. The Balaban J connectivity index is 1.25. The summed E-state index contributed by atoms with van der Waals surface area (Å²) in [5.41, 5.74) is 17.4. The van der Waals surface area contributed by atoms with Gasteiger partial charge >= 0.3 is 0 Å². The van der Waals surface area contributed by atoms with Gasteiger partial charge in [0.1, 0.15) is 11.2 Å². The van der Waals surface area contributed by atoms with Gasteiger partial charge in [0.25, 0.3) is 0 Å². The summed E-state index contributed by atoms with van der Waals surface area (Å²) < 4.78 is 7.05. The minimum absolute atomic E-state index is 0.460. The molecule has 0 fully saturated rings. The highest BCUT2D eigenvalue weighted by Gasteiger charge is 2.52. The van der Waals surface area contributed by atoms with E-state index < -0.39 is 5.41 Å². The van der Waals surface area contributed by atoms with Gasteiger partial charge in [0, 0.05) is 39.5 Å². The van der Waals surface area contributed by atoms with E-state index in [1.54, 1.807) is 0 Å². The number of anilines is 3. The third kappa shape index (κ3) is 3.82. The van der Waals surface area contributed by atoms with Gasteiger partial charge in [0.15, 0.2) is 0 Å². The molecule has 51 heavy (non-hydrogen) atoms. The van der Waals surface area contributed by atoms with Crippen LogP contribution in [0.3, 0.4) is 0 Å². The number of furan rings is 1. The van der Waals surface area contributed by atoms with Gasteiger partial charge in [0.05, 0.1) is 5.41 Å². The lowest BCUT2D eigenvalue weighted by atomic mass is 9.70. The quantitative estimate of drug-likeness (QED) is 0.189. The molecule has 9 aromatic rings. The third-order valence-corrected chi connectivity index (χ3v) is 11.1. The third-order valence-electron chi connectivity index (χ3n) is 11.1. The van der Waals surface area contributed by atoms with Crippen molar-refractivity contribution in [3.8, 4) is 33.4 Å². The predicted molar refractivity (Wildman–Crippen MR) is 210 cm³/mol. The molecule has 1 heterocycles. The van der Waals surface area contributed by atoms with Crippen LogP contribution in [0.4, 0.5) is 17.1 Å². The second-order valence-corrected chi connectivity index (χ2v) is 13.6. The Labute approximate surface area is 296 Å². The molecule has 0 radical (unpaired) electrons. The molecule has 0 bridgehead atoms. The number of para-hydroxylation sites is 2. The van der Waals surface area contributed by atoms with Crippen LogP contribution in [-0.4, -0.2) is 0 Å². The summed E-state index contributed by atoms with van der Waals surface area (Å²) in [4.78, 5) is 2.29. The minimum atomic E-state index is -0.460. The molecule has 2 nitrogen and oxygen atoms in total. The van der Waals surface area contributed by atoms with Crippen molar-refractivity contribution in [1.82, 2.24) is 0 Å². The van der Waals surface area contributed by atoms with Gasteiger partial charge in [-0.05, 0) is 92.5 Å². The highest BCUT2D eigenvalue weighted by Crippen LogP contribution is 2.65. The molecule has 1 spiro atoms. The molecule has 11 rings (SSSR count). The van der Waals surface area contributed by atoms with Crippen molar-refractivity contribution in [2.75, 3.05) is 4.90 Å². The Morgan fingerprint density at radius 2 is 0.882 bits per heavy atom. The van der Waals surface area contributed by atoms with E-state index >= 15 is 0 Å². The van der Waals surface area contributed by atoms with Crippen LogP contribution in [0.5, 0.6) is 0 Å². The van der Waals surface area contributed by atoms with Crippen molar-refractivity contribution in [2.45, 2.75) is 5.41 Å². The summed E-state index contributed by atoms with van der Waals surface area (Å²) in [5.74, 6) is 0. The Bertz CT molecular complexity index is 2710. The van der Waals surface area contributed by atoms with E-state index in [2.05, 4.69) is 193 Å². The lowest BCUT2D eigenvalue weighted by Crippen LogP contribution is -2.25. The maximum atomic E-state index is 7.05. The SMILES string of the molecule is c1ccc(-c2c3c(cc4oc5cc(N(c6ccccc6)c6ccccc6)ccc5c24)C2(c4ccccc4-c4ccccc42)c2ccccc2-3)cc1. The predicted octanol–water partition coefficient (Wildman–Crippen LogP) is 13.1. The number of benzene rings is 8. The van der Waals surface area contributed by atoms with Crippen LogP contribution in [0.1, 0.15) is 22.3 Å². The maximum absolute atomic E-state index is 7.05. The van der Waals surface area contributed by atoms with Gasteiger partial charge in [-0.1, -0.05) is 140 Å². The lowest BCUT2D eigenvalue weighted by molar-refractivity contribution is 0.666. The van der Waals surface area contributed by atoms with E-state index in [0.29, 0.717) is 0 Å². The van der Waals surface area contributed by atoms with Crippen LogP contribution in [0.2, 0.25) is 0 Å². The molecule has 2 aliphatic rings. The summed E-state index contributed by atoms with van der Waals surface area (Å²) in [7, 11) is 0. The summed E-state index contributed by atoms with van der Waals surface area (Å²) in [5, 5.41) is 2.26. The first-order valence-electron chi connectivity index (χ1n) is 17.6. The van der Waals surface area contributed by atoms with Gasteiger partial charge in [-0.3, -0.25) is 0 Å². The van der Waals surface area contributed by atoms with Crippen molar-refractivity contribution >= 4 is 39.0 Å². The molecule has 8 aromatic carbocycles. The number of hydrogen-bond acceptors (Lipinski definition) is 2. The summed E-state index contributed by atoms with van der Waals surface area (Å²) in [6.07, 6.45) is 0. The Morgan fingerprint density at radius 1 is 0.373 bits per heavy atom. The number of fused-ring (bicyclic) bond motifs is 13. The van der Waals surface area contributed by atoms with Crippen LogP contribution >= 0.6 is 0 Å². The van der Waals surface area contributed by atoms with E-state index in [4.69, 9.17) is 4.42 Å². The largest absolute Gasteiger partial charge is 0.456 e. The van der Waals surface area contributed by atoms with E-state index in [-0.39, 0.29) is 0 Å². The van der Waals surface area contributed by atoms with Gasteiger partial charge in [-0.2, -0.15) is 0 Å². The van der Waals surface area contributed by atoms with Gasteiger partial charge in [-0.25, -0.2) is 0 Å². The monoisotopic (exact) mass is 649 g/mol. The standard InChI is InChI=1S/C49H31NO/c1-4-16-32(17-5-1)46-47-38-24-12-15-27-42(38)49(40-25-13-10-22-36(40)37-23-11-14-26-41(37)49)43(47)31-45-48(46)39-29-28-35(30-44(39)51-45)50(33-18-6-2-7-19-33)34-20-8-3-9-21-34/h1-31H. The number of nitrogens with zero attached hydrogens (tertiary/aromatic N) is 1. The first-order valence-corrected chi connectivity index (χ1v) is 17.6. The molecule has 1 aromatic heterocycles. The van der Waals surface area contributed by atoms with Crippen molar-refractivity contribution in [3.05, 3.63) is 210 Å². The molecule has 0 aliphatic heterocycles. The summed E-state index contributed by atoms with van der Waals surface area (Å²) >= 11 is 0. The highest BCUT2D eigenvalue weighted by atomic mass is 16.3. The van der Waals surface area contributed by atoms with Crippen LogP contribution in [0.15, 0.2) is 192 Å². The molecule has 0 amide bonds. The van der Waals surface area contributed by atoms with E-state index in [1.807, 2.05) is 0 Å². The molecular weight excluding hydrogens is 619 g/mol. The summed E-state index contributed by atoms with van der Waals surface area (Å²) in [6, 6.07) is 68.1. The zero-order valence-electron chi connectivity index (χ0n) is 27.8. The summed E-state index contributed by atoms with van der Waals surface area (Å²) in [6.45, 7) is 0. The molecule has 0 unspecified atom stereocenters. The smallest absolute Gasteiger partial charge is 0.137 e. The fourth-order valence-corrected chi connectivity index (χ4v) is 9.12. The lowest BCUT2D eigenvalue weighted by Gasteiger charge is -2.30. The van der Waals surface area contributed by atoms with Crippen molar-refractivity contribution in [3.63, 3.8) is 0 Å². The Kier molecular flexibility index (Phi) is 5.91. The van der Waals surface area contributed by atoms with E-state index in [9.17, 15) is 0 Å². The molecule has 0 saturated carbocycles. The molecule has 0 saturated heterocycles. The normalized spacial score (nSPS) is 13.3. The Morgan fingerprint density at radius 3 is 1.49 bits per heavy atom. The molecule has 0 atom stereocenters. The average molecular weight is 650 g/mol. The molecule has 0 N–H and O–H groups in total. The van der Waals surface area contributed by atoms with Gasteiger partial charge in [-0.15, -0.1) is 0 Å². The number of hydrogen-bond donors (Lipinski definition) is 0. The fraction of sp³-hybridized carbons (Fsp3) is 0.0204. The first-order chi connectivity index (χ1) is 25.3. The molecule has 2 aliphatic carbocycles.